The smallest absolute Gasteiger partial charge is 0.253 e. The molecule has 1 aromatic heterocycles. The van der Waals surface area contributed by atoms with Crippen LogP contribution in [0.25, 0.3) is 0 Å². The summed E-state index contributed by atoms with van der Waals surface area (Å²) in [5.41, 5.74) is 0.799. The summed E-state index contributed by atoms with van der Waals surface area (Å²) in [6, 6.07) is 8.78. The van der Waals surface area contributed by atoms with Crippen LogP contribution in [0.3, 0.4) is 0 Å². The number of hydrogen-bond donors (Lipinski definition) is 0. The first-order valence-corrected chi connectivity index (χ1v) is 10.4. The average Bonchev–Trinajstić information content (AvgIpc) is 3.33. The molecule has 1 aromatic carbocycles. The Labute approximate surface area is 172 Å². The van der Waals surface area contributed by atoms with Crippen molar-refractivity contribution in [3.63, 3.8) is 0 Å². The minimum atomic E-state index is -0.573. The van der Waals surface area contributed by atoms with Crippen molar-refractivity contribution in [2.75, 3.05) is 31.1 Å². The Morgan fingerprint density at radius 3 is 2.71 bits per heavy atom. The van der Waals surface area contributed by atoms with Gasteiger partial charge in [0.25, 0.3) is 5.91 Å². The number of rotatable bonds is 2. The van der Waals surface area contributed by atoms with Gasteiger partial charge in [-0.15, -0.1) is 0 Å². The van der Waals surface area contributed by atoms with Crippen molar-refractivity contribution in [2.24, 2.45) is 0 Å². The lowest BCUT2D eigenvalue weighted by Gasteiger charge is -2.47. The average molecular weight is 418 g/mol. The van der Waals surface area contributed by atoms with Crippen molar-refractivity contribution in [2.45, 2.75) is 18.9 Å². The fourth-order valence-corrected chi connectivity index (χ4v) is 4.96. The van der Waals surface area contributed by atoms with Gasteiger partial charge in [-0.25, -0.2) is 0 Å². The number of carbonyl (C=O) groups excluding carboxylic acids is 3. The molecule has 4 rings (SSSR count). The summed E-state index contributed by atoms with van der Waals surface area (Å²) in [5.74, 6) is -0.351. The van der Waals surface area contributed by atoms with E-state index >= 15 is 0 Å². The highest BCUT2D eigenvalue weighted by molar-refractivity contribution is 7.08. The molecule has 0 N–H and O–H groups in total. The molecular formula is C20H20ClN3O3S. The first-order chi connectivity index (χ1) is 13.4. The number of nitrogens with zero attached hydrogens (tertiary/aromatic N) is 3. The highest BCUT2D eigenvalue weighted by atomic mass is 35.5. The monoisotopic (exact) mass is 417 g/mol. The molecule has 2 aromatic rings. The van der Waals surface area contributed by atoms with Crippen LogP contribution in [0.15, 0.2) is 41.1 Å². The largest absolute Gasteiger partial charge is 0.336 e. The predicted molar refractivity (Wildman–Crippen MR) is 109 cm³/mol. The number of likely N-dealkylation sites (tertiary alicyclic amines) is 1. The molecule has 0 saturated carbocycles. The number of anilines is 1. The van der Waals surface area contributed by atoms with Crippen molar-refractivity contribution in [3.05, 3.63) is 51.7 Å². The molecule has 3 heterocycles. The van der Waals surface area contributed by atoms with Gasteiger partial charge < -0.3 is 14.7 Å². The summed E-state index contributed by atoms with van der Waals surface area (Å²) in [6.07, 6.45) is 0.632. The summed E-state index contributed by atoms with van der Waals surface area (Å²) in [4.78, 5) is 43.1. The van der Waals surface area contributed by atoms with Crippen LogP contribution in [-0.4, -0.2) is 59.2 Å². The van der Waals surface area contributed by atoms with Gasteiger partial charge in [-0.1, -0.05) is 17.7 Å². The number of thiophene rings is 1. The molecule has 8 heteroatoms. The third kappa shape index (κ3) is 3.29. The Morgan fingerprint density at radius 2 is 2.04 bits per heavy atom. The van der Waals surface area contributed by atoms with E-state index in [1.807, 2.05) is 16.8 Å². The quantitative estimate of drug-likeness (QED) is 0.754. The van der Waals surface area contributed by atoms with E-state index in [0.29, 0.717) is 36.6 Å². The standard InChI is InChI=1S/C20H20ClN3O3S/c1-14(25)24-10-18(26)23(17-5-8-28-11-17)13-20(24)6-7-22(12-20)19(27)15-3-2-4-16(21)9-15/h2-5,8-9,11H,6-7,10,12-13H2,1H3/t20-/m1/s1. The van der Waals surface area contributed by atoms with Crippen molar-refractivity contribution >= 4 is 46.3 Å². The first-order valence-electron chi connectivity index (χ1n) is 9.05. The lowest BCUT2D eigenvalue weighted by atomic mass is 9.92. The lowest BCUT2D eigenvalue weighted by Crippen LogP contribution is -2.67. The molecule has 1 atom stereocenters. The van der Waals surface area contributed by atoms with Crippen LogP contribution < -0.4 is 4.90 Å². The molecule has 2 saturated heterocycles. The van der Waals surface area contributed by atoms with Gasteiger partial charge in [0.05, 0.1) is 17.8 Å². The van der Waals surface area contributed by atoms with Crippen molar-refractivity contribution < 1.29 is 14.4 Å². The zero-order valence-corrected chi connectivity index (χ0v) is 17.0. The van der Waals surface area contributed by atoms with E-state index in [0.717, 1.165) is 5.69 Å². The number of piperazine rings is 1. The molecule has 2 aliphatic rings. The molecule has 0 bridgehead atoms. The third-order valence-electron chi connectivity index (χ3n) is 5.51. The van der Waals surface area contributed by atoms with Crippen molar-refractivity contribution in [3.8, 4) is 0 Å². The topological polar surface area (TPSA) is 60.9 Å². The minimum Gasteiger partial charge on any atom is -0.336 e. The first kappa shape index (κ1) is 19.0. The second kappa shape index (κ2) is 7.22. The Kier molecular flexibility index (Phi) is 4.89. The molecule has 2 aliphatic heterocycles. The molecule has 6 nitrogen and oxygen atoms in total. The van der Waals surface area contributed by atoms with Gasteiger partial charge in [-0.05, 0) is 36.1 Å². The number of carbonyl (C=O) groups is 3. The maximum absolute atomic E-state index is 13.0. The summed E-state index contributed by atoms with van der Waals surface area (Å²) >= 11 is 7.55. The second-order valence-corrected chi connectivity index (χ2v) is 8.49. The molecular weight excluding hydrogens is 398 g/mol. The van der Waals surface area contributed by atoms with Gasteiger partial charge in [-0.3, -0.25) is 14.4 Å². The summed E-state index contributed by atoms with van der Waals surface area (Å²) in [5, 5.41) is 4.37. The number of benzene rings is 1. The minimum absolute atomic E-state index is 0.0321. The maximum atomic E-state index is 13.0. The third-order valence-corrected chi connectivity index (χ3v) is 6.41. The molecule has 0 unspecified atom stereocenters. The molecule has 2 fully saturated rings. The molecule has 0 radical (unpaired) electrons. The normalized spacial score (nSPS) is 22.2. The van der Waals surface area contributed by atoms with E-state index in [9.17, 15) is 14.4 Å². The molecule has 146 valence electrons. The van der Waals surface area contributed by atoms with Gasteiger partial charge in [0.15, 0.2) is 0 Å². The number of hydrogen-bond acceptors (Lipinski definition) is 4. The summed E-state index contributed by atoms with van der Waals surface area (Å²) in [6.45, 7) is 2.83. The Bertz CT molecular complexity index is 933. The van der Waals surface area contributed by atoms with Crippen LogP contribution in [0.2, 0.25) is 5.02 Å². The fourth-order valence-electron chi connectivity index (χ4n) is 4.13. The van der Waals surface area contributed by atoms with Gasteiger partial charge in [0, 0.05) is 36.0 Å². The van der Waals surface area contributed by atoms with E-state index in [1.165, 1.54) is 18.3 Å². The van der Waals surface area contributed by atoms with Crippen LogP contribution in [0, 0.1) is 0 Å². The van der Waals surface area contributed by atoms with Crippen molar-refractivity contribution in [1.29, 1.82) is 0 Å². The second-order valence-electron chi connectivity index (χ2n) is 7.28. The molecule has 1 spiro atoms. The predicted octanol–water partition coefficient (Wildman–Crippen LogP) is 2.88. The Balaban J connectivity index is 1.61. The van der Waals surface area contributed by atoms with Crippen LogP contribution in [0.4, 0.5) is 5.69 Å². The van der Waals surface area contributed by atoms with E-state index in [2.05, 4.69) is 0 Å². The highest BCUT2D eigenvalue weighted by Gasteiger charge is 2.51. The van der Waals surface area contributed by atoms with Crippen molar-refractivity contribution in [1.82, 2.24) is 9.80 Å². The lowest BCUT2D eigenvalue weighted by molar-refractivity contribution is -0.142. The maximum Gasteiger partial charge on any atom is 0.253 e. The zero-order chi connectivity index (χ0) is 19.9. The molecule has 3 amide bonds. The van der Waals surface area contributed by atoms with Crippen LogP contribution >= 0.6 is 22.9 Å². The van der Waals surface area contributed by atoms with Crippen LogP contribution in [-0.2, 0) is 9.59 Å². The zero-order valence-electron chi connectivity index (χ0n) is 15.4. The van der Waals surface area contributed by atoms with E-state index < -0.39 is 5.54 Å². The summed E-state index contributed by atoms with van der Waals surface area (Å²) < 4.78 is 0. The van der Waals surface area contributed by atoms with Gasteiger partial charge in [-0.2, -0.15) is 11.3 Å². The Hall–Kier alpha value is -2.38. The molecule has 0 aliphatic carbocycles. The van der Waals surface area contributed by atoms with Crippen LogP contribution in [0.5, 0.6) is 0 Å². The Morgan fingerprint density at radius 1 is 1.21 bits per heavy atom. The highest BCUT2D eigenvalue weighted by Crippen LogP contribution is 2.35. The number of amides is 3. The number of halogens is 1. The van der Waals surface area contributed by atoms with Gasteiger partial charge in [0.1, 0.15) is 6.54 Å². The van der Waals surface area contributed by atoms with E-state index in [4.69, 9.17) is 11.6 Å². The van der Waals surface area contributed by atoms with Gasteiger partial charge >= 0.3 is 0 Å². The summed E-state index contributed by atoms with van der Waals surface area (Å²) in [7, 11) is 0. The fraction of sp³-hybridized carbons (Fsp3) is 0.350. The van der Waals surface area contributed by atoms with E-state index in [1.54, 1.807) is 39.0 Å². The SMILES string of the molecule is CC(=O)N1CC(=O)N(c2ccsc2)C[C@]12CCN(C(=O)c1cccc(Cl)c1)C2. The van der Waals surface area contributed by atoms with Crippen LogP contribution in [0.1, 0.15) is 23.7 Å². The van der Waals surface area contributed by atoms with E-state index in [-0.39, 0.29) is 24.3 Å². The molecule has 28 heavy (non-hydrogen) atoms. The van der Waals surface area contributed by atoms with Gasteiger partial charge in [0.2, 0.25) is 11.8 Å².